The van der Waals surface area contributed by atoms with Gasteiger partial charge in [0.2, 0.25) is 0 Å². The van der Waals surface area contributed by atoms with Crippen molar-refractivity contribution in [1.82, 2.24) is 14.7 Å². The van der Waals surface area contributed by atoms with E-state index in [1.165, 1.54) is 11.1 Å². The second kappa shape index (κ2) is 6.62. The molecule has 0 bridgehead atoms. The number of amides is 2. The predicted octanol–water partition coefficient (Wildman–Crippen LogP) is 2.51. The maximum absolute atomic E-state index is 12.3. The number of aryl methyl sites for hydroxylation is 1. The van der Waals surface area contributed by atoms with Crippen LogP contribution >= 0.6 is 11.6 Å². The summed E-state index contributed by atoms with van der Waals surface area (Å²) in [6.45, 7) is 2.41. The highest BCUT2D eigenvalue weighted by molar-refractivity contribution is 6.30. The molecule has 1 aromatic heterocycles. The third kappa shape index (κ3) is 3.28. The lowest BCUT2D eigenvalue weighted by Gasteiger charge is -2.13. The Labute approximate surface area is 133 Å². The van der Waals surface area contributed by atoms with Crippen LogP contribution in [0.1, 0.15) is 27.8 Å². The van der Waals surface area contributed by atoms with Crippen molar-refractivity contribution in [3.05, 3.63) is 46.7 Å². The van der Waals surface area contributed by atoms with Gasteiger partial charge >= 0.3 is 0 Å². The number of nitrogens with zero attached hydrogens (tertiary/aromatic N) is 3. The van der Waals surface area contributed by atoms with Crippen LogP contribution in [0.25, 0.3) is 0 Å². The summed E-state index contributed by atoms with van der Waals surface area (Å²) in [6, 6.07) is 6.51. The van der Waals surface area contributed by atoms with E-state index in [4.69, 9.17) is 11.6 Å². The van der Waals surface area contributed by atoms with Crippen LogP contribution in [-0.4, -0.2) is 40.6 Å². The normalized spacial score (nSPS) is 10.4. The lowest BCUT2D eigenvalue weighted by Crippen LogP contribution is -2.26. The molecule has 1 aromatic carbocycles. The van der Waals surface area contributed by atoms with Crippen LogP contribution in [-0.2, 0) is 6.54 Å². The maximum atomic E-state index is 12.3. The van der Waals surface area contributed by atoms with E-state index in [1.54, 1.807) is 43.0 Å². The smallest absolute Gasteiger partial charge is 0.273 e. The Bertz CT molecular complexity index is 692. The fourth-order valence-corrected chi connectivity index (χ4v) is 2.08. The van der Waals surface area contributed by atoms with Gasteiger partial charge in [0.25, 0.3) is 11.8 Å². The number of aromatic nitrogens is 2. The third-order valence-corrected chi connectivity index (χ3v) is 3.35. The first-order chi connectivity index (χ1) is 10.4. The van der Waals surface area contributed by atoms with E-state index in [2.05, 4.69) is 10.4 Å². The third-order valence-electron chi connectivity index (χ3n) is 3.10. The van der Waals surface area contributed by atoms with Crippen LogP contribution in [0.5, 0.6) is 0 Å². The molecule has 2 rings (SSSR count). The molecule has 22 heavy (non-hydrogen) atoms. The van der Waals surface area contributed by atoms with Gasteiger partial charge in [-0.2, -0.15) is 5.10 Å². The van der Waals surface area contributed by atoms with E-state index in [-0.39, 0.29) is 11.8 Å². The Morgan fingerprint density at radius 1 is 1.27 bits per heavy atom. The van der Waals surface area contributed by atoms with Gasteiger partial charge < -0.3 is 10.2 Å². The molecule has 0 unspecified atom stereocenters. The van der Waals surface area contributed by atoms with Crippen LogP contribution in [0.4, 0.5) is 5.69 Å². The number of anilines is 1. The molecular formula is C15H17ClN4O2. The van der Waals surface area contributed by atoms with Crippen molar-refractivity contribution in [2.75, 3.05) is 19.4 Å². The van der Waals surface area contributed by atoms with Crippen molar-refractivity contribution >= 4 is 29.1 Å². The first-order valence-corrected chi connectivity index (χ1v) is 7.16. The van der Waals surface area contributed by atoms with Crippen LogP contribution < -0.4 is 5.32 Å². The van der Waals surface area contributed by atoms with Crippen LogP contribution in [0, 0.1) is 0 Å². The zero-order chi connectivity index (χ0) is 16.3. The summed E-state index contributed by atoms with van der Waals surface area (Å²) in [5.74, 6) is -0.536. The van der Waals surface area contributed by atoms with Gasteiger partial charge in [-0.3, -0.25) is 14.3 Å². The van der Waals surface area contributed by atoms with E-state index in [0.29, 0.717) is 28.5 Å². The molecule has 0 radical (unpaired) electrons. The number of rotatable bonds is 4. The Morgan fingerprint density at radius 2 is 1.91 bits per heavy atom. The van der Waals surface area contributed by atoms with E-state index in [1.807, 2.05) is 6.92 Å². The van der Waals surface area contributed by atoms with E-state index in [9.17, 15) is 9.59 Å². The monoisotopic (exact) mass is 320 g/mol. The molecule has 0 spiro atoms. The Kier molecular flexibility index (Phi) is 4.82. The SMILES string of the molecule is CCn1ncc(NC(=O)c2ccc(Cl)cc2)c1C(=O)N(C)C. The number of carbonyl (C=O) groups excluding carboxylic acids is 2. The lowest BCUT2D eigenvalue weighted by atomic mass is 10.2. The Hall–Kier alpha value is -2.34. The molecule has 0 aliphatic heterocycles. The fourth-order valence-electron chi connectivity index (χ4n) is 1.95. The van der Waals surface area contributed by atoms with E-state index < -0.39 is 0 Å². The largest absolute Gasteiger partial charge is 0.343 e. The van der Waals surface area contributed by atoms with Gasteiger partial charge in [0.15, 0.2) is 0 Å². The zero-order valence-electron chi connectivity index (χ0n) is 12.6. The number of hydrogen-bond acceptors (Lipinski definition) is 3. The quantitative estimate of drug-likeness (QED) is 0.941. The number of carbonyl (C=O) groups is 2. The minimum absolute atomic E-state index is 0.217. The van der Waals surface area contributed by atoms with Gasteiger partial charge in [0.1, 0.15) is 5.69 Å². The molecule has 1 heterocycles. The summed E-state index contributed by atoms with van der Waals surface area (Å²) < 4.78 is 1.56. The average Bonchev–Trinajstić information content (AvgIpc) is 2.89. The zero-order valence-corrected chi connectivity index (χ0v) is 13.4. The second-order valence-corrected chi connectivity index (χ2v) is 5.32. The van der Waals surface area contributed by atoms with Crippen molar-refractivity contribution in [3.63, 3.8) is 0 Å². The van der Waals surface area contributed by atoms with Gasteiger partial charge in [-0.05, 0) is 31.2 Å². The van der Waals surface area contributed by atoms with E-state index in [0.717, 1.165) is 0 Å². The summed E-state index contributed by atoms with van der Waals surface area (Å²) in [6.07, 6.45) is 1.48. The topological polar surface area (TPSA) is 67.2 Å². The lowest BCUT2D eigenvalue weighted by molar-refractivity contribution is 0.0816. The first kappa shape index (κ1) is 16.0. The van der Waals surface area contributed by atoms with Gasteiger partial charge in [0.05, 0.1) is 11.9 Å². The van der Waals surface area contributed by atoms with Crippen molar-refractivity contribution in [3.8, 4) is 0 Å². The van der Waals surface area contributed by atoms with Crippen LogP contribution in [0.15, 0.2) is 30.5 Å². The Morgan fingerprint density at radius 3 is 2.45 bits per heavy atom. The summed E-state index contributed by atoms with van der Waals surface area (Å²) in [5, 5.41) is 7.41. The molecule has 6 nitrogen and oxygen atoms in total. The minimum atomic E-state index is -0.319. The molecule has 7 heteroatoms. The standard InChI is InChI=1S/C15H17ClN4O2/c1-4-20-13(15(22)19(2)3)12(9-17-20)18-14(21)10-5-7-11(16)8-6-10/h5-9H,4H2,1-3H3,(H,18,21). The van der Waals surface area contributed by atoms with Crippen LogP contribution in [0.2, 0.25) is 5.02 Å². The van der Waals surface area contributed by atoms with Crippen molar-refractivity contribution in [1.29, 1.82) is 0 Å². The molecule has 2 amide bonds. The summed E-state index contributed by atoms with van der Waals surface area (Å²) in [4.78, 5) is 26.0. The predicted molar refractivity (Wildman–Crippen MR) is 85.3 cm³/mol. The second-order valence-electron chi connectivity index (χ2n) is 4.88. The fraction of sp³-hybridized carbons (Fsp3) is 0.267. The molecule has 0 saturated carbocycles. The number of hydrogen-bond donors (Lipinski definition) is 1. The molecule has 0 saturated heterocycles. The molecule has 116 valence electrons. The number of benzene rings is 1. The van der Waals surface area contributed by atoms with Gasteiger partial charge in [-0.15, -0.1) is 0 Å². The molecule has 0 fully saturated rings. The van der Waals surface area contributed by atoms with Crippen molar-refractivity contribution in [2.45, 2.75) is 13.5 Å². The van der Waals surface area contributed by atoms with Crippen molar-refractivity contribution < 1.29 is 9.59 Å². The van der Waals surface area contributed by atoms with Gasteiger partial charge in [-0.1, -0.05) is 11.6 Å². The van der Waals surface area contributed by atoms with E-state index >= 15 is 0 Å². The van der Waals surface area contributed by atoms with Crippen LogP contribution in [0.3, 0.4) is 0 Å². The van der Waals surface area contributed by atoms with Gasteiger partial charge in [-0.25, -0.2) is 0 Å². The molecule has 2 aromatic rings. The van der Waals surface area contributed by atoms with Gasteiger partial charge in [0, 0.05) is 31.2 Å². The number of halogens is 1. The Balaban J connectivity index is 2.29. The first-order valence-electron chi connectivity index (χ1n) is 6.78. The summed E-state index contributed by atoms with van der Waals surface area (Å²) in [7, 11) is 3.31. The summed E-state index contributed by atoms with van der Waals surface area (Å²) >= 11 is 5.81. The maximum Gasteiger partial charge on any atom is 0.273 e. The molecule has 0 aliphatic carbocycles. The highest BCUT2D eigenvalue weighted by atomic mass is 35.5. The van der Waals surface area contributed by atoms with Crippen molar-refractivity contribution in [2.24, 2.45) is 0 Å². The highest BCUT2D eigenvalue weighted by Gasteiger charge is 2.21. The molecule has 0 atom stereocenters. The summed E-state index contributed by atoms with van der Waals surface area (Å²) in [5.41, 5.74) is 1.20. The molecular weight excluding hydrogens is 304 g/mol. The highest BCUT2D eigenvalue weighted by Crippen LogP contribution is 2.18. The minimum Gasteiger partial charge on any atom is -0.343 e. The average molecular weight is 321 g/mol. The molecule has 1 N–H and O–H groups in total. The number of nitrogens with one attached hydrogen (secondary N) is 1. The molecule has 0 aliphatic rings.